The third-order valence-corrected chi connectivity index (χ3v) is 3.12. The molecule has 0 saturated heterocycles. The highest BCUT2D eigenvalue weighted by Gasteiger charge is 2.21. The Labute approximate surface area is 137 Å². The SMILES string of the molecule is CC(C)C[C@H](NC(=O)COc1ccc([N+](=O)[O-])cc1Cl)C(=O)O. The number of carbonyl (C=O) groups excluding carboxylic acids is 1. The van der Waals surface area contributed by atoms with Crippen LogP contribution in [0.3, 0.4) is 0 Å². The van der Waals surface area contributed by atoms with Gasteiger partial charge in [-0.2, -0.15) is 0 Å². The summed E-state index contributed by atoms with van der Waals surface area (Å²) in [5, 5.41) is 22.0. The van der Waals surface area contributed by atoms with Crippen molar-refractivity contribution in [3.63, 3.8) is 0 Å². The first kappa shape index (κ1) is 18.7. The van der Waals surface area contributed by atoms with Crippen LogP contribution in [0.1, 0.15) is 20.3 Å². The number of halogens is 1. The number of hydrogen-bond acceptors (Lipinski definition) is 5. The average molecular weight is 345 g/mol. The lowest BCUT2D eigenvalue weighted by Crippen LogP contribution is -2.43. The van der Waals surface area contributed by atoms with Gasteiger partial charge in [0.05, 0.1) is 9.95 Å². The predicted octanol–water partition coefficient (Wildman–Crippen LogP) is 2.24. The minimum absolute atomic E-state index is 0.0102. The summed E-state index contributed by atoms with van der Waals surface area (Å²) >= 11 is 5.83. The highest BCUT2D eigenvalue weighted by atomic mass is 35.5. The summed E-state index contributed by atoms with van der Waals surface area (Å²) in [6.07, 6.45) is 0.291. The van der Waals surface area contributed by atoms with Gasteiger partial charge in [0, 0.05) is 12.1 Å². The second-order valence-electron chi connectivity index (χ2n) is 5.25. The van der Waals surface area contributed by atoms with Crippen molar-refractivity contribution in [2.24, 2.45) is 5.92 Å². The number of carboxylic acid groups (broad SMARTS) is 1. The summed E-state index contributed by atoms with van der Waals surface area (Å²) in [4.78, 5) is 32.8. The van der Waals surface area contributed by atoms with E-state index in [1.807, 2.05) is 13.8 Å². The molecule has 0 bridgehead atoms. The molecule has 0 aliphatic rings. The molecule has 0 heterocycles. The Kier molecular flexibility index (Phi) is 6.77. The van der Waals surface area contributed by atoms with Crippen molar-refractivity contribution in [2.75, 3.05) is 6.61 Å². The van der Waals surface area contributed by atoms with Crippen molar-refractivity contribution in [1.29, 1.82) is 0 Å². The van der Waals surface area contributed by atoms with Gasteiger partial charge in [-0.05, 0) is 18.4 Å². The molecule has 8 nitrogen and oxygen atoms in total. The maximum atomic E-state index is 11.7. The Morgan fingerprint density at radius 3 is 2.57 bits per heavy atom. The molecule has 0 saturated carbocycles. The molecular formula is C14H17ClN2O6. The molecule has 0 fully saturated rings. The zero-order chi connectivity index (χ0) is 17.6. The lowest BCUT2D eigenvalue weighted by molar-refractivity contribution is -0.384. The number of ether oxygens (including phenoxy) is 1. The number of nitro benzene ring substituents is 1. The van der Waals surface area contributed by atoms with Gasteiger partial charge >= 0.3 is 5.97 Å². The number of carboxylic acids is 1. The number of rotatable bonds is 8. The third kappa shape index (κ3) is 6.11. The van der Waals surface area contributed by atoms with Crippen molar-refractivity contribution in [1.82, 2.24) is 5.32 Å². The second kappa shape index (κ2) is 8.33. The van der Waals surface area contributed by atoms with E-state index < -0.39 is 29.4 Å². The van der Waals surface area contributed by atoms with E-state index in [4.69, 9.17) is 21.4 Å². The van der Waals surface area contributed by atoms with E-state index in [1.165, 1.54) is 12.1 Å². The third-order valence-electron chi connectivity index (χ3n) is 2.83. The lowest BCUT2D eigenvalue weighted by atomic mass is 10.0. The summed E-state index contributed by atoms with van der Waals surface area (Å²) in [6, 6.07) is 2.57. The van der Waals surface area contributed by atoms with Crippen LogP contribution in [0.5, 0.6) is 5.75 Å². The van der Waals surface area contributed by atoms with Crippen molar-refractivity contribution in [2.45, 2.75) is 26.3 Å². The summed E-state index contributed by atoms with van der Waals surface area (Å²) in [7, 11) is 0. The molecule has 2 N–H and O–H groups in total. The maximum Gasteiger partial charge on any atom is 0.326 e. The fourth-order valence-electron chi connectivity index (χ4n) is 1.79. The molecule has 1 atom stereocenters. The smallest absolute Gasteiger partial charge is 0.326 e. The number of hydrogen-bond donors (Lipinski definition) is 2. The maximum absolute atomic E-state index is 11.7. The molecule has 1 rings (SSSR count). The van der Waals surface area contributed by atoms with Gasteiger partial charge in [0.25, 0.3) is 11.6 Å². The van der Waals surface area contributed by atoms with Crippen molar-refractivity contribution < 1.29 is 24.4 Å². The zero-order valence-electron chi connectivity index (χ0n) is 12.6. The molecule has 0 spiro atoms. The van der Waals surface area contributed by atoms with Crippen LogP contribution in [0.4, 0.5) is 5.69 Å². The Morgan fingerprint density at radius 1 is 1.43 bits per heavy atom. The molecule has 0 aliphatic carbocycles. The molecule has 1 amide bonds. The number of non-ortho nitro benzene ring substituents is 1. The molecule has 1 aromatic rings. The Bertz CT molecular complexity index is 605. The number of carbonyl (C=O) groups is 2. The largest absolute Gasteiger partial charge is 0.482 e. The number of nitrogens with one attached hydrogen (secondary N) is 1. The highest BCUT2D eigenvalue weighted by molar-refractivity contribution is 6.32. The second-order valence-corrected chi connectivity index (χ2v) is 5.66. The summed E-state index contributed by atoms with van der Waals surface area (Å²) < 4.78 is 5.16. The fourth-order valence-corrected chi connectivity index (χ4v) is 2.02. The van der Waals surface area contributed by atoms with Gasteiger partial charge in [0.1, 0.15) is 11.8 Å². The van der Waals surface area contributed by atoms with Crippen LogP contribution < -0.4 is 10.1 Å². The Hall–Kier alpha value is -2.35. The van der Waals surface area contributed by atoms with E-state index in [0.29, 0.717) is 6.42 Å². The molecular weight excluding hydrogens is 328 g/mol. The molecule has 9 heteroatoms. The van der Waals surface area contributed by atoms with Crippen LogP contribution in [-0.4, -0.2) is 34.6 Å². The number of benzene rings is 1. The first-order valence-electron chi connectivity index (χ1n) is 6.79. The molecule has 0 radical (unpaired) electrons. The van der Waals surface area contributed by atoms with E-state index in [-0.39, 0.29) is 22.4 Å². The molecule has 126 valence electrons. The van der Waals surface area contributed by atoms with Gasteiger partial charge in [-0.1, -0.05) is 25.4 Å². The van der Waals surface area contributed by atoms with Crippen LogP contribution in [0.25, 0.3) is 0 Å². The van der Waals surface area contributed by atoms with E-state index in [1.54, 1.807) is 0 Å². The minimum atomic E-state index is -1.12. The van der Waals surface area contributed by atoms with E-state index in [9.17, 15) is 19.7 Å². The quantitative estimate of drug-likeness (QED) is 0.551. The lowest BCUT2D eigenvalue weighted by Gasteiger charge is -2.16. The van der Waals surface area contributed by atoms with Crippen molar-refractivity contribution in [3.8, 4) is 5.75 Å². The van der Waals surface area contributed by atoms with Crippen molar-refractivity contribution in [3.05, 3.63) is 33.3 Å². The summed E-state index contributed by atoms with van der Waals surface area (Å²) in [5.41, 5.74) is -0.199. The van der Waals surface area contributed by atoms with Crippen LogP contribution in [0, 0.1) is 16.0 Å². The molecule has 0 aliphatic heterocycles. The normalized spacial score (nSPS) is 11.8. The van der Waals surface area contributed by atoms with Gasteiger partial charge in [-0.3, -0.25) is 14.9 Å². The molecule has 1 aromatic carbocycles. The average Bonchev–Trinajstić information content (AvgIpc) is 2.44. The topological polar surface area (TPSA) is 119 Å². The van der Waals surface area contributed by atoms with Crippen LogP contribution in [0.15, 0.2) is 18.2 Å². The van der Waals surface area contributed by atoms with Crippen molar-refractivity contribution >= 4 is 29.2 Å². The summed E-state index contributed by atoms with van der Waals surface area (Å²) in [6.45, 7) is 3.24. The van der Waals surface area contributed by atoms with Gasteiger partial charge in [-0.25, -0.2) is 4.79 Å². The van der Waals surface area contributed by atoms with E-state index >= 15 is 0 Å². The predicted molar refractivity (Wildman–Crippen MR) is 82.6 cm³/mol. The fraction of sp³-hybridized carbons (Fsp3) is 0.429. The van der Waals surface area contributed by atoms with Crippen LogP contribution >= 0.6 is 11.6 Å². The molecule has 0 aromatic heterocycles. The number of amides is 1. The summed E-state index contributed by atoms with van der Waals surface area (Å²) in [5.74, 6) is -1.54. The van der Waals surface area contributed by atoms with Gasteiger partial charge in [0.15, 0.2) is 6.61 Å². The van der Waals surface area contributed by atoms with E-state index in [2.05, 4.69) is 5.32 Å². The minimum Gasteiger partial charge on any atom is -0.482 e. The first-order valence-corrected chi connectivity index (χ1v) is 7.17. The zero-order valence-corrected chi connectivity index (χ0v) is 13.4. The standard InChI is InChI=1S/C14H17ClN2O6/c1-8(2)5-11(14(19)20)16-13(18)7-23-12-4-3-9(17(21)22)6-10(12)15/h3-4,6,8,11H,5,7H2,1-2H3,(H,16,18)(H,19,20)/t11-/m0/s1. The van der Waals surface area contributed by atoms with Gasteiger partial charge in [0.2, 0.25) is 0 Å². The Balaban J connectivity index is 2.62. The monoisotopic (exact) mass is 344 g/mol. The van der Waals surface area contributed by atoms with Gasteiger partial charge < -0.3 is 15.2 Å². The number of aliphatic carboxylic acids is 1. The molecule has 23 heavy (non-hydrogen) atoms. The van der Waals surface area contributed by atoms with E-state index in [0.717, 1.165) is 6.07 Å². The van der Waals surface area contributed by atoms with Gasteiger partial charge in [-0.15, -0.1) is 0 Å². The van der Waals surface area contributed by atoms with Crippen LogP contribution in [0.2, 0.25) is 5.02 Å². The molecule has 0 unspecified atom stereocenters. The number of nitrogens with zero attached hydrogens (tertiary/aromatic N) is 1. The number of nitro groups is 1. The first-order chi connectivity index (χ1) is 10.7. The Morgan fingerprint density at radius 2 is 2.09 bits per heavy atom. The highest BCUT2D eigenvalue weighted by Crippen LogP contribution is 2.28. The van der Waals surface area contributed by atoms with Crippen LogP contribution in [-0.2, 0) is 9.59 Å².